The molecule has 0 saturated heterocycles. The van der Waals surface area contributed by atoms with E-state index in [0.29, 0.717) is 6.42 Å². The molecular weight excluding hydrogens is 402 g/mol. The van der Waals surface area contributed by atoms with E-state index in [0.717, 1.165) is 32.5 Å². The lowest BCUT2D eigenvalue weighted by Gasteiger charge is -2.28. The predicted octanol–water partition coefficient (Wildman–Crippen LogP) is 3.13. The summed E-state index contributed by atoms with van der Waals surface area (Å²) < 4.78 is 27.1. The number of nitrogens with zero attached hydrogens (tertiary/aromatic N) is 2. The van der Waals surface area contributed by atoms with Crippen molar-refractivity contribution in [1.82, 2.24) is 9.62 Å². The maximum absolute atomic E-state index is 12.3. The van der Waals surface area contributed by atoms with Gasteiger partial charge in [0.2, 0.25) is 10.0 Å². The second-order valence-corrected chi connectivity index (χ2v) is 8.36. The summed E-state index contributed by atoms with van der Waals surface area (Å²) in [6, 6.07) is 13.8. The third kappa shape index (κ3) is 5.51. The molecule has 0 unspecified atom stereocenters. The number of halogens is 1. The van der Waals surface area contributed by atoms with Crippen LogP contribution in [0.25, 0.3) is 0 Å². The molecule has 3 rings (SSSR count). The number of benzene rings is 2. The molecule has 0 fully saturated rings. The van der Waals surface area contributed by atoms with Crippen LogP contribution in [0.1, 0.15) is 24.0 Å². The lowest BCUT2D eigenvalue weighted by molar-refractivity contribution is -0.387. The van der Waals surface area contributed by atoms with Crippen LogP contribution >= 0.6 is 12.4 Å². The Bertz CT molecular complexity index is 921. The highest BCUT2D eigenvalue weighted by Crippen LogP contribution is 2.22. The van der Waals surface area contributed by atoms with Crippen LogP contribution < -0.4 is 4.72 Å². The van der Waals surface area contributed by atoms with Gasteiger partial charge in [-0.2, -0.15) is 0 Å². The first-order valence-electron chi connectivity index (χ1n) is 8.99. The van der Waals surface area contributed by atoms with Crippen LogP contribution in [-0.2, 0) is 23.0 Å². The third-order valence-corrected chi connectivity index (χ3v) is 6.26. The molecule has 0 saturated carbocycles. The van der Waals surface area contributed by atoms with Crippen molar-refractivity contribution in [3.05, 3.63) is 69.8 Å². The summed E-state index contributed by atoms with van der Waals surface area (Å²) >= 11 is 0. The van der Waals surface area contributed by atoms with Gasteiger partial charge >= 0.3 is 0 Å². The lowest BCUT2D eigenvalue weighted by Crippen LogP contribution is -2.32. The zero-order valence-electron chi connectivity index (χ0n) is 15.4. The average molecular weight is 426 g/mol. The Hall–Kier alpha value is -2.00. The highest BCUT2D eigenvalue weighted by molar-refractivity contribution is 7.89. The third-order valence-electron chi connectivity index (χ3n) is 4.75. The van der Waals surface area contributed by atoms with Gasteiger partial charge in [0.05, 0.1) is 4.92 Å². The Morgan fingerprint density at radius 3 is 2.46 bits per heavy atom. The molecule has 1 aliphatic heterocycles. The van der Waals surface area contributed by atoms with E-state index in [9.17, 15) is 18.5 Å². The van der Waals surface area contributed by atoms with Gasteiger partial charge in [0.25, 0.3) is 5.69 Å². The van der Waals surface area contributed by atoms with Crippen molar-refractivity contribution >= 4 is 28.1 Å². The van der Waals surface area contributed by atoms with Gasteiger partial charge in [-0.05, 0) is 43.0 Å². The van der Waals surface area contributed by atoms with Crippen LogP contribution in [0.4, 0.5) is 5.69 Å². The van der Waals surface area contributed by atoms with Gasteiger partial charge in [-0.15, -0.1) is 12.4 Å². The highest BCUT2D eigenvalue weighted by Gasteiger charge is 2.24. The normalized spacial score (nSPS) is 14.1. The molecule has 9 heteroatoms. The van der Waals surface area contributed by atoms with E-state index >= 15 is 0 Å². The molecule has 1 N–H and O–H groups in total. The molecule has 28 heavy (non-hydrogen) atoms. The summed E-state index contributed by atoms with van der Waals surface area (Å²) in [6.45, 7) is 3.11. The first kappa shape index (κ1) is 22.3. The SMILES string of the molecule is Cl.O=[N+]([O-])c1ccccc1S(=O)(=O)NCCCCN1CCc2ccccc2C1. The molecule has 0 bridgehead atoms. The summed E-state index contributed by atoms with van der Waals surface area (Å²) in [5.74, 6) is 0. The number of fused-ring (bicyclic) bond motifs is 1. The predicted molar refractivity (Wildman–Crippen MR) is 110 cm³/mol. The van der Waals surface area contributed by atoms with E-state index in [1.54, 1.807) is 0 Å². The van der Waals surface area contributed by atoms with Crippen LogP contribution in [0.3, 0.4) is 0 Å². The molecule has 1 heterocycles. The molecule has 1 aliphatic rings. The number of hydrogen-bond acceptors (Lipinski definition) is 5. The van der Waals surface area contributed by atoms with Crippen molar-refractivity contribution in [3.8, 4) is 0 Å². The van der Waals surface area contributed by atoms with Crippen LogP contribution in [0.2, 0.25) is 0 Å². The van der Waals surface area contributed by atoms with Crippen LogP contribution in [0, 0.1) is 10.1 Å². The zero-order chi connectivity index (χ0) is 19.3. The van der Waals surface area contributed by atoms with E-state index in [2.05, 4.69) is 33.9 Å². The molecular formula is C19H24ClN3O4S. The van der Waals surface area contributed by atoms with Gasteiger partial charge in [-0.3, -0.25) is 15.0 Å². The van der Waals surface area contributed by atoms with Crippen molar-refractivity contribution in [2.75, 3.05) is 19.6 Å². The van der Waals surface area contributed by atoms with Gasteiger partial charge < -0.3 is 0 Å². The number of sulfonamides is 1. The number of nitrogens with one attached hydrogen (secondary N) is 1. The maximum atomic E-state index is 12.3. The molecule has 0 atom stereocenters. The fourth-order valence-electron chi connectivity index (χ4n) is 3.32. The van der Waals surface area contributed by atoms with Crippen LogP contribution in [0.15, 0.2) is 53.4 Å². The Morgan fingerprint density at radius 1 is 1.04 bits per heavy atom. The van der Waals surface area contributed by atoms with Gasteiger partial charge in [-0.25, -0.2) is 13.1 Å². The van der Waals surface area contributed by atoms with Crippen molar-refractivity contribution in [3.63, 3.8) is 0 Å². The number of rotatable bonds is 8. The Kier molecular flexibility index (Phi) is 7.94. The van der Waals surface area contributed by atoms with E-state index in [1.807, 2.05) is 0 Å². The van der Waals surface area contributed by atoms with Crippen molar-refractivity contribution in [2.45, 2.75) is 30.7 Å². The van der Waals surface area contributed by atoms with E-state index in [-0.39, 0.29) is 23.8 Å². The Balaban J connectivity index is 0.00000280. The topological polar surface area (TPSA) is 92.5 Å². The van der Waals surface area contributed by atoms with Crippen molar-refractivity contribution < 1.29 is 13.3 Å². The van der Waals surface area contributed by atoms with E-state index < -0.39 is 20.6 Å². The molecule has 0 radical (unpaired) electrons. The van der Waals surface area contributed by atoms with Gasteiger partial charge in [0.1, 0.15) is 0 Å². The summed E-state index contributed by atoms with van der Waals surface area (Å²) in [5, 5.41) is 11.0. The van der Waals surface area contributed by atoms with E-state index in [1.165, 1.54) is 35.4 Å². The molecule has 7 nitrogen and oxygen atoms in total. The molecule has 152 valence electrons. The van der Waals surface area contributed by atoms with Crippen molar-refractivity contribution in [1.29, 1.82) is 0 Å². The van der Waals surface area contributed by atoms with Crippen LogP contribution in [-0.4, -0.2) is 37.9 Å². The van der Waals surface area contributed by atoms with Gasteiger partial charge in [0.15, 0.2) is 4.90 Å². The number of hydrogen-bond donors (Lipinski definition) is 1. The molecule has 2 aromatic rings. The monoisotopic (exact) mass is 425 g/mol. The average Bonchev–Trinajstić information content (AvgIpc) is 2.67. The first-order chi connectivity index (χ1) is 13.0. The molecule has 0 spiro atoms. The second kappa shape index (κ2) is 9.97. The number of para-hydroxylation sites is 1. The largest absolute Gasteiger partial charge is 0.299 e. The quantitative estimate of drug-likeness (QED) is 0.398. The lowest BCUT2D eigenvalue weighted by atomic mass is 10.00. The second-order valence-electron chi connectivity index (χ2n) is 6.62. The number of nitro benzene ring substituents is 1. The Labute approximate surface area is 171 Å². The van der Waals surface area contributed by atoms with Gasteiger partial charge in [-0.1, -0.05) is 36.4 Å². The molecule has 0 aliphatic carbocycles. The summed E-state index contributed by atoms with van der Waals surface area (Å²) in [6.07, 6.45) is 2.58. The minimum atomic E-state index is -3.89. The van der Waals surface area contributed by atoms with Crippen LogP contribution in [0.5, 0.6) is 0 Å². The van der Waals surface area contributed by atoms with Gasteiger partial charge in [0, 0.05) is 25.7 Å². The Morgan fingerprint density at radius 2 is 1.71 bits per heavy atom. The fraction of sp³-hybridized carbons (Fsp3) is 0.368. The van der Waals surface area contributed by atoms with E-state index in [4.69, 9.17) is 0 Å². The molecule has 0 aromatic heterocycles. The standard InChI is InChI=1S/C19H23N3O4S.ClH/c23-22(24)18-9-3-4-10-19(18)27(25,26)20-12-5-6-13-21-14-11-16-7-1-2-8-17(16)15-21;/h1-4,7-10,20H,5-6,11-15H2;1H. The minimum Gasteiger partial charge on any atom is -0.299 e. The zero-order valence-corrected chi connectivity index (χ0v) is 17.0. The number of unbranched alkanes of at least 4 members (excludes halogenated alkanes) is 1. The molecule has 2 aromatic carbocycles. The minimum absolute atomic E-state index is 0. The summed E-state index contributed by atoms with van der Waals surface area (Å²) in [5.41, 5.74) is 2.36. The fourth-order valence-corrected chi connectivity index (χ4v) is 4.57. The highest BCUT2D eigenvalue weighted by atomic mass is 35.5. The summed E-state index contributed by atoms with van der Waals surface area (Å²) in [7, 11) is -3.89. The van der Waals surface area contributed by atoms with Crippen molar-refractivity contribution in [2.24, 2.45) is 0 Å². The first-order valence-corrected chi connectivity index (χ1v) is 10.5. The number of nitro groups is 1. The molecule has 0 amide bonds. The summed E-state index contributed by atoms with van der Waals surface area (Å²) in [4.78, 5) is 12.4. The smallest absolute Gasteiger partial charge is 0.289 e. The maximum Gasteiger partial charge on any atom is 0.289 e.